The molecule has 2 atom stereocenters. The van der Waals surface area contributed by atoms with Crippen LogP contribution in [0.5, 0.6) is 0 Å². The predicted octanol–water partition coefficient (Wildman–Crippen LogP) is 3.19. The molecule has 16 heavy (non-hydrogen) atoms. The van der Waals surface area contributed by atoms with Crippen molar-refractivity contribution in [3.63, 3.8) is 0 Å². The lowest BCUT2D eigenvalue weighted by molar-refractivity contribution is 0.268. The maximum absolute atomic E-state index is 2.38. The predicted molar refractivity (Wildman–Crippen MR) is 76.0 cm³/mol. The summed E-state index contributed by atoms with van der Waals surface area (Å²) in [4.78, 5) is 4.55. The Labute approximate surface area is 104 Å². The minimum Gasteiger partial charge on any atom is -0.309 e. The zero-order valence-corrected chi connectivity index (χ0v) is 12.9. The van der Waals surface area contributed by atoms with Gasteiger partial charge in [-0.15, -0.1) is 0 Å². The van der Waals surface area contributed by atoms with E-state index in [0.717, 1.165) is 11.8 Å². The Morgan fingerprint density at radius 1 is 0.688 bits per heavy atom. The van der Waals surface area contributed by atoms with Crippen molar-refractivity contribution in [3.8, 4) is 0 Å². The van der Waals surface area contributed by atoms with Crippen molar-refractivity contribution in [3.05, 3.63) is 0 Å². The molecule has 2 nitrogen and oxygen atoms in total. The number of hydrogen-bond acceptors (Lipinski definition) is 2. The van der Waals surface area contributed by atoms with Crippen LogP contribution in [0.4, 0.5) is 0 Å². The Balaban J connectivity index is 0. The Morgan fingerprint density at radius 2 is 0.938 bits per heavy atom. The van der Waals surface area contributed by atoms with Gasteiger partial charge in [0.25, 0.3) is 0 Å². The molecule has 0 fully saturated rings. The van der Waals surface area contributed by atoms with Crippen LogP contribution in [0.3, 0.4) is 0 Å². The molecule has 2 heteroatoms. The van der Waals surface area contributed by atoms with Crippen molar-refractivity contribution in [2.45, 2.75) is 40.5 Å². The second kappa shape index (κ2) is 11.4. The third kappa shape index (κ3) is 12.0. The van der Waals surface area contributed by atoms with Gasteiger partial charge >= 0.3 is 0 Å². The zero-order valence-electron chi connectivity index (χ0n) is 12.9. The highest BCUT2D eigenvalue weighted by Crippen LogP contribution is 2.18. The average Bonchev–Trinajstić information content (AvgIpc) is 2.25. The number of rotatable bonds is 7. The molecule has 0 amide bonds. The molecule has 0 aliphatic heterocycles. The van der Waals surface area contributed by atoms with Crippen molar-refractivity contribution in [1.29, 1.82) is 0 Å². The van der Waals surface area contributed by atoms with E-state index >= 15 is 0 Å². The molecule has 0 aromatic heterocycles. The van der Waals surface area contributed by atoms with Gasteiger partial charge in [0, 0.05) is 0 Å². The van der Waals surface area contributed by atoms with Crippen molar-refractivity contribution >= 4 is 0 Å². The molecule has 0 spiro atoms. The maximum Gasteiger partial charge on any atom is -0.00222 e. The van der Waals surface area contributed by atoms with Crippen LogP contribution in [0.25, 0.3) is 0 Å². The van der Waals surface area contributed by atoms with Crippen LogP contribution in [0.15, 0.2) is 0 Å². The Bertz CT molecular complexity index is 117. The Morgan fingerprint density at radius 3 is 1.12 bits per heavy atom. The van der Waals surface area contributed by atoms with E-state index in [2.05, 4.69) is 51.8 Å². The van der Waals surface area contributed by atoms with Gasteiger partial charge in [0.05, 0.1) is 0 Å². The van der Waals surface area contributed by atoms with E-state index in [1.165, 1.54) is 25.9 Å². The quantitative estimate of drug-likeness (QED) is 0.663. The standard InChI is InChI=1S/C12H28N2.C2H6/c1-11(7-9-13(3)4)12(2)8-10-14(5)6;1-2/h11-12H,7-10H2,1-6H3;1-2H3. The molecular formula is C14H34N2. The first-order chi connectivity index (χ1) is 7.43. The highest BCUT2D eigenvalue weighted by atomic mass is 15.1. The Kier molecular flexibility index (Phi) is 13.0. The van der Waals surface area contributed by atoms with Crippen LogP contribution in [0.1, 0.15) is 40.5 Å². The van der Waals surface area contributed by atoms with Crippen LogP contribution in [-0.4, -0.2) is 51.1 Å². The molecule has 0 saturated carbocycles. The summed E-state index contributed by atoms with van der Waals surface area (Å²) in [6.07, 6.45) is 2.64. The summed E-state index contributed by atoms with van der Waals surface area (Å²) in [5, 5.41) is 0. The molecule has 0 N–H and O–H groups in total. The molecule has 0 heterocycles. The van der Waals surface area contributed by atoms with Gasteiger partial charge in [0.1, 0.15) is 0 Å². The van der Waals surface area contributed by atoms with Gasteiger partial charge in [-0.2, -0.15) is 0 Å². The molecule has 0 aliphatic rings. The summed E-state index contributed by atoms with van der Waals surface area (Å²) >= 11 is 0. The number of nitrogens with zero attached hydrogens (tertiary/aromatic N) is 2. The largest absolute Gasteiger partial charge is 0.309 e. The highest BCUT2D eigenvalue weighted by molar-refractivity contribution is 4.64. The summed E-state index contributed by atoms with van der Waals surface area (Å²) in [5.74, 6) is 1.69. The lowest BCUT2D eigenvalue weighted by atomic mass is 9.90. The normalized spacial score (nSPS) is 14.6. The summed E-state index contributed by atoms with van der Waals surface area (Å²) in [6, 6.07) is 0. The zero-order chi connectivity index (χ0) is 13.1. The third-order valence-corrected chi connectivity index (χ3v) is 3.03. The summed E-state index contributed by atoms with van der Waals surface area (Å²) in [5.41, 5.74) is 0. The van der Waals surface area contributed by atoms with Crippen LogP contribution < -0.4 is 0 Å². The second-order valence-corrected chi connectivity index (χ2v) is 5.14. The molecule has 2 unspecified atom stereocenters. The second-order valence-electron chi connectivity index (χ2n) is 5.14. The van der Waals surface area contributed by atoms with Gasteiger partial charge in [0.2, 0.25) is 0 Å². The van der Waals surface area contributed by atoms with Gasteiger partial charge in [-0.1, -0.05) is 27.7 Å². The van der Waals surface area contributed by atoms with Crippen LogP contribution >= 0.6 is 0 Å². The van der Waals surface area contributed by atoms with E-state index in [4.69, 9.17) is 0 Å². The SMILES string of the molecule is CC.CC(CCN(C)C)C(C)CCN(C)C. The maximum atomic E-state index is 2.38. The van der Waals surface area contributed by atoms with Crippen molar-refractivity contribution in [2.24, 2.45) is 11.8 Å². The molecule has 0 aromatic rings. The van der Waals surface area contributed by atoms with Crippen LogP contribution in [0, 0.1) is 11.8 Å². The topological polar surface area (TPSA) is 6.48 Å². The summed E-state index contributed by atoms with van der Waals surface area (Å²) in [6.45, 7) is 11.2. The van der Waals surface area contributed by atoms with E-state index < -0.39 is 0 Å². The van der Waals surface area contributed by atoms with E-state index in [-0.39, 0.29) is 0 Å². The fraction of sp³-hybridized carbons (Fsp3) is 1.00. The fourth-order valence-electron chi connectivity index (χ4n) is 1.49. The van der Waals surface area contributed by atoms with Gasteiger partial charge in [0.15, 0.2) is 0 Å². The van der Waals surface area contributed by atoms with Gasteiger partial charge in [-0.05, 0) is 66.0 Å². The molecule has 0 rings (SSSR count). The van der Waals surface area contributed by atoms with Crippen LogP contribution in [0.2, 0.25) is 0 Å². The first-order valence-corrected chi connectivity index (χ1v) is 6.73. The molecule has 0 radical (unpaired) electrons. The molecule has 100 valence electrons. The van der Waals surface area contributed by atoms with Crippen molar-refractivity contribution in [2.75, 3.05) is 41.3 Å². The molecule has 0 aliphatic carbocycles. The molecule has 0 saturated heterocycles. The van der Waals surface area contributed by atoms with E-state index in [9.17, 15) is 0 Å². The van der Waals surface area contributed by atoms with Crippen LogP contribution in [-0.2, 0) is 0 Å². The van der Waals surface area contributed by atoms with E-state index in [1.807, 2.05) is 13.8 Å². The highest BCUT2D eigenvalue weighted by Gasteiger charge is 2.12. The van der Waals surface area contributed by atoms with E-state index in [1.54, 1.807) is 0 Å². The Hall–Kier alpha value is -0.0800. The summed E-state index contributed by atoms with van der Waals surface area (Å²) < 4.78 is 0. The average molecular weight is 230 g/mol. The molecule has 0 aromatic carbocycles. The first kappa shape index (κ1) is 18.3. The van der Waals surface area contributed by atoms with Gasteiger partial charge in [-0.25, -0.2) is 0 Å². The number of hydrogen-bond donors (Lipinski definition) is 0. The third-order valence-electron chi connectivity index (χ3n) is 3.03. The fourth-order valence-corrected chi connectivity index (χ4v) is 1.49. The molecular weight excluding hydrogens is 196 g/mol. The van der Waals surface area contributed by atoms with Gasteiger partial charge in [-0.3, -0.25) is 0 Å². The van der Waals surface area contributed by atoms with E-state index in [0.29, 0.717) is 0 Å². The first-order valence-electron chi connectivity index (χ1n) is 6.73. The summed E-state index contributed by atoms with van der Waals surface area (Å²) in [7, 11) is 8.60. The minimum absolute atomic E-state index is 0.845. The van der Waals surface area contributed by atoms with Crippen molar-refractivity contribution in [1.82, 2.24) is 9.80 Å². The van der Waals surface area contributed by atoms with Crippen molar-refractivity contribution < 1.29 is 0 Å². The molecule has 0 bridgehead atoms. The smallest absolute Gasteiger partial charge is 0.00222 e. The lowest BCUT2D eigenvalue weighted by Crippen LogP contribution is -2.22. The monoisotopic (exact) mass is 230 g/mol. The van der Waals surface area contributed by atoms with Gasteiger partial charge < -0.3 is 9.80 Å². The lowest BCUT2D eigenvalue weighted by Gasteiger charge is -2.23. The minimum atomic E-state index is 0.845.